The minimum atomic E-state index is -3.46. The Morgan fingerprint density at radius 3 is 2.43 bits per heavy atom. The van der Waals surface area contributed by atoms with Gasteiger partial charge in [-0.05, 0) is 49.3 Å². The van der Waals surface area contributed by atoms with E-state index < -0.39 is 27.3 Å². The van der Waals surface area contributed by atoms with Crippen LogP contribution in [0, 0.1) is 13.8 Å². The zero-order valence-electron chi connectivity index (χ0n) is 13.2. The van der Waals surface area contributed by atoms with E-state index in [4.69, 9.17) is 0 Å². The van der Waals surface area contributed by atoms with Crippen LogP contribution in [0.25, 0.3) is 0 Å². The molecular weight excluding hydrogens is 338 g/mol. The lowest BCUT2D eigenvalue weighted by Crippen LogP contribution is -2.54. The molecule has 0 bridgehead atoms. The zero-order chi connectivity index (χ0) is 17.4. The van der Waals surface area contributed by atoms with Gasteiger partial charge in [0.05, 0.1) is 4.90 Å². The van der Waals surface area contributed by atoms with E-state index in [0.717, 1.165) is 6.26 Å². The van der Waals surface area contributed by atoms with Crippen LogP contribution in [0.3, 0.4) is 0 Å². The van der Waals surface area contributed by atoms with Crippen molar-refractivity contribution in [3.05, 3.63) is 28.8 Å². The topological polar surface area (TPSA) is 101 Å². The van der Waals surface area contributed by atoms with Gasteiger partial charge in [0.1, 0.15) is 5.54 Å². The Labute approximate surface area is 139 Å². The molecule has 1 unspecified atom stereocenters. The highest BCUT2D eigenvalue weighted by Crippen LogP contribution is 2.29. The van der Waals surface area contributed by atoms with Gasteiger partial charge in [-0.15, -0.1) is 0 Å². The SMILES string of the molecule is Cc1cc(S(C)(=O)=O)cc(C(=O)NC2(C(=O)O)CCSC2)c1C. The Kier molecular flexibility index (Phi) is 4.77. The number of amides is 1. The van der Waals surface area contributed by atoms with Crippen molar-refractivity contribution in [2.75, 3.05) is 17.8 Å². The number of hydrogen-bond acceptors (Lipinski definition) is 5. The molecule has 0 radical (unpaired) electrons. The first-order valence-corrected chi connectivity index (χ1v) is 10.1. The van der Waals surface area contributed by atoms with Crippen LogP contribution >= 0.6 is 11.8 Å². The third-order valence-electron chi connectivity index (χ3n) is 4.10. The van der Waals surface area contributed by atoms with Gasteiger partial charge in [0.25, 0.3) is 5.91 Å². The lowest BCUT2D eigenvalue weighted by Gasteiger charge is -2.25. The van der Waals surface area contributed by atoms with Crippen LogP contribution in [0.1, 0.15) is 27.9 Å². The number of hydrogen-bond donors (Lipinski definition) is 2. The molecule has 1 aliphatic heterocycles. The Morgan fingerprint density at radius 2 is 1.96 bits per heavy atom. The van der Waals surface area contributed by atoms with E-state index in [1.165, 1.54) is 23.9 Å². The third-order valence-corrected chi connectivity index (χ3v) is 6.38. The first-order chi connectivity index (χ1) is 10.6. The Hall–Kier alpha value is -1.54. The highest BCUT2D eigenvalue weighted by molar-refractivity contribution is 7.99. The Balaban J connectivity index is 2.43. The smallest absolute Gasteiger partial charge is 0.330 e. The fourth-order valence-electron chi connectivity index (χ4n) is 2.45. The van der Waals surface area contributed by atoms with Crippen LogP contribution in [0.15, 0.2) is 17.0 Å². The summed E-state index contributed by atoms with van der Waals surface area (Å²) >= 11 is 1.47. The second-order valence-corrected chi connectivity index (χ2v) is 8.95. The van der Waals surface area contributed by atoms with E-state index in [1.807, 2.05) is 0 Å². The number of carboxylic acid groups (broad SMARTS) is 1. The molecule has 1 aliphatic rings. The van der Waals surface area contributed by atoms with E-state index in [0.29, 0.717) is 29.1 Å². The van der Waals surface area contributed by atoms with Crippen LogP contribution in [0.4, 0.5) is 0 Å². The van der Waals surface area contributed by atoms with Crippen molar-refractivity contribution in [2.45, 2.75) is 30.7 Å². The number of aliphatic carboxylic acids is 1. The summed E-state index contributed by atoms with van der Waals surface area (Å²) < 4.78 is 23.5. The molecule has 8 heteroatoms. The van der Waals surface area contributed by atoms with Gasteiger partial charge in [-0.1, -0.05) is 0 Å². The van der Waals surface area contributed by atoms with Gasteiger partial charge in [-0.3, -0.25) is 4.79 Å². The fourth-order valence-corrected chi connectivity index (χ4v) is 4.49. The van der Waals surface area contributed by atoms with Crippen LogP contribution in [-0.2, 0) is 14.6 Å². The lowest BCUT2D eigenvalue weighted by atomic mass is 9.97. The number of rotatable bonds is 4. The summed E-state index contributed by atoms with van der Waals surface area (Å²) in [7, 11) is -3.46. The van der Waals surface area contributed by atoms with E-state index >= 15 is 0 Å². The largest absolute Gasteiger partial charge is 0.479 e. The molecule has 0 aliphatic carbocycles. The number of thioether (sulfide) groups is 1. The highest BCUT2D eigenvalue weighted by atomic mass is 32.2. The molecule has 0 aromatic heterocycles. The van der Waals surface area contributed by atoms with Gasteiger partial charge in [0, 0.05) is 17.6 Å². The van der Waals surface area contributed by atoms with Gasteiger partial charge in [0.2, 0.25) is 0 Å². The number of benzene rings is 1. The fraction of sp³-hybridized carbons (Fsp3) is 0.467. The summed E-state index contributed by atoms with van der Waals surface area (Å²) in [5.74, 6) is -0.656. The molecular formula is C15H19NO5S2. The van der Waals surface area contributed by atoms with E-state index in [1.54, 1.807) is 13.8 Å². The molecule has 1 atom stereocenters. The zero-order valence-corrected chi connectivity index (χ0v) is 14.8. The molecule has 1 aromatic rings. The van der Waals surface area contributed by atoms with Crippen molar-refractivity contribution < 1.29 is 23.1 Å². The van der Waals surface area contributed by atoms with E-state index in [9.17, 15) is 23.1 Å². The lowest BCUT2D eigenvalue weighted by molar-refractivity contribution is -0.143. The Bertz CT molecular complexity index is 764. The van der Waals surface area contributed by atoms with Crippen molar-refractivity contribution in [1.82, 2.24) is 5.32 Å². The maximum absolute atomic E-state index is 12.6. The number of carbonyl (C=O) groups is 2. The van der Waals surface area contributed by atoms with Gasteiger partial charge in [-0.2, -0.15) is 11.8 Å². The maximum Gasteiger partial charge on any atom is 0.330 e. The number of sulfone groups is 1. The summed E-state index contributed by atoms with van der Waals surface area (Å²) in [6, 6.07) is 2.82. The molecule has 1 fully saturated rings. The quantitative estimate of drug-likeness (QED) is 0.845. The van der Waals surface area contributed by atoms with Gasteiger partial charge in [0.15, 0.2) is 9.84 Å². The molecule has 6 nitrogen and oxygen atoms in total. The number of carbonyl (C=O) groups excluding carboxylic acids is 1. The average Bonchev–Trinajstić information content (AvgIpc) is 2.90. The molecule has 126 valence electrons. The van der Waals surface area contributed by atoms with Gasteiger partial charge >= 0.3 is 5.97 Å². The standard InChI is InChI=1S/C15H19NO5S2/c1-9-6-11(23(3,20)21)7-12(10(9)2)13(17)16-15(14(18)19)4-5-22-8-15/h6-7H,4-5,8H2,1-3H3,(H,16,17)(H,18,19). The molecule has 1 aromatic carbocycles. The molecule has 1 saturated heterocycles. The summed E-state index contributed by atoms with van der Waals surface area (Å²) in [5.41, 5.74) is 0.218. The van der Waals surface area contributed by atoms with Crippen LogP contribution in [0.5, 0.6) is 0 Å². The number of carboxylic acids is 1. The van der Waals surface area contributed by atoms with Crippen LogP contribution < -0.4 is 5.32 Å². The third kappa shape index (κ3) is 3.53. The van der Waals surface area contributed by atoms with Crippen molar-refractivity contribution >= 4 is 33.5 Å². The maximum atomic E-state index is 12.6. The first-order valence-electron chi connectivity index (χ1n) is 7.02. The highest BCUT2D eigenvalue weighted by Gasteiger charge is 2.43. The number of nitrogens with one attached hydrogen (secondary N) is 1. The van der Waals surface area contributed by atoms with Crippen LogP contribution in [0.2, 0.25) is 0 Å². The van der Waals surface area contributed by atoms with Gasteiger partial charge < -0.3 is 10.4 Å². The van der Waals surface area contributed by atoms with E-state index in [2.05, 4.69) is 5.32 Å². The minimum Gasteiger partial charge on any atom is -0.479 e. The molecule has 0 saturated carbocycles. The molecule has 23 heavy (non-hydrogen) atoms. The summed E-state index contributed by atoms with van der Waals surface area (Å²) in [6.07, 6.45) is 1.42. The first kappa shape index (κ1) is 17.8. The summed E-state index contributed by atoms with van der Waals surface area (Å²) in [4.78, 5) is 24.2. The predicted molar refractivity (Wildman–Crippen MR) is 88.8 cm³/mol. The molecule has 2 rings (SSSR count). The second-order valence-electron chi connectivity index (χ2n) is 5.83. The molecule has 1 amide bonds. The van der Waals surface area contributed by atoms with Crippen molar-refractivity contribution in [1.29, 1.82) is 0 Å². The normalized spacial score (nSPS) is 21.2. The second kappa shape index (κ2) is 6.16. The summed E-state index contributed by atoms with van der Waals surface area (Å²) in [6.45, 7) is 3.44. The summed E-state index contributed by atoms with van der Waals surface area (Å²) in [5, 5.41) is 12.0. The molecule has 2 N–H and O–H groups in total. The van der Waals surface area contributed by atoms with Gasteiger partial charge in [-0.25, -0.2) is 13.2 Å². The monoisotopic (exact) mass is 357 g/mol. The average molecular weight is 357 g/mol. The molecule has 0 spiro atoms. The van der Waals surface area contributed by atoms with Crippen molar-refractivity contribution in [3.8, 4) is 0 Å². The Morgan fingerprint density at radius 1 is 1.30 bits per heavy atom. The van der Waals surface area contributed by atoms with Crippen molar-refractivity contribution in [3.63, 3.8) is 0 Å². The van der Waals surface area contributed by atoms with Crippen LogP contribution in [-0.4, -0.2) is 48.7 Å². The number of aryl methyl sites for hydroxylation is 1. The van der Waals surface area contributed by atoms with E-state index in [-0.39, 0.29) is 10.5 Å². The minimum absolute atomic E-state index is 0.0518. The van der Waals surface area contributed by atoms with Crippen molar-refractivity contribution in [2.24, 2.45) is 0 Å². The predicted octanol–water partition coefficient (Wildman–Crippen LogP) is 1.40. The molecule has 1 heterocycles.